The van der Waals surface area contributed by atoms with Crippen LogP contribution in [-0.4, -0.2) is 9.55 Å². The van der Waals surface area contributed by atoms with Crippen molar-refractivity contribution in [1.29, 1.82) is 0 Å². The van der Waals surface area contributed by atoms with E-state index in [0.29, 0.717) is 0 Å². The smallest absolute Gasteiger partial charge is 0.175 e. The molecule has 0 bridgehead atoms. The summed E-state index contributed by atoms with van der Waals surface area (Å²) in [6, 6.07) is 78.9. The fraction of sp³-hybridized carbons (Fsp3) is 0. The maximum Gasteiger partial charge on any atom is 0.175 e. The highest BCUT2D eigenvalue weighted by Gasteiger charge is 2.40. The first-order chi connectivity index (χ1) is 30.1. The molecule has 1 aromatic heterocycles. The molecule has 0 fully saturated rings. The second kappa shape index (κ2) is 14.0. The van der Waals surface area contributed by atoms with Crippen LogP contribution in [0.15, 0.2) is 224 Å². The maximum atomic E-state index is 16.0. The number of hydrogen-bond acceptors (Lipinski definition) is 2. The van der Waals surface area contributed by atoms with E-state index in [4.69, 9.17) is 4.98 Å². The molecule has 0 spiro atoms. The fourth-order valence-corrected chi connectivity index (χ4v) is 12.7. The Balaban J connectivity index is 0.974. The van der Waals surface area contributed by atoms with Gasteiger partial charge in [-0.2, -0.15) is 0 Å². The van der Waals surface area contributed by atoms with Gasteiger partial charge in [-0.25, -0.2) is 4.98 Å². The molecule has 61 heavy (non-hydrogen) atoms. The minimum Gasteiger partial charge on any atom is -0.308 e. The molecule has 0 radical (unpaired) electrons. The molecule has 0 N–H and O–H groups in total. The average Bonchev–Trinajstić information content (AvgIpc) is 3.73. The van der Waals surface area contributed by atoms with Crippen LogP contribution in [0.2, 0.25) is 0 Å². The van der Waals surface area contributed by atoms with Gasteiger partial charge in [-0.1, -0.05) is 194 Å². The van der Waals surface area contributed by atoms with E-state index in [2.05, 4.69) is 162 Å². The molecule has 0 saturated carbocycles. The lowest BCUT2D eigenvalue weighted by molar-refractivity contribution is 0.592. The van der Waals surface area contributed by atoms with E-state index in [1.807, 2.05) is 66.7 Å². The van der Waals surface area contributed by atoms with E-state index in [-0.39, 0.29) is 0 Å². The topological polar surface area (TPSA) is 34.9 Å². The zero-order valence-corrected chi connectivity index (χ0v) is 34.0. The first kappa shape index (κ1) is 35.4. The van der Waals surface area contributed by atoms with Gasteiger partial charge in [0.2, 0.25) is 0 Å². The molecule has 12 rings (SSSR count). The van der Waals surface area contributed by atoms with Crippen molar-refractivity contribution in [3.05, 3.63) is 224 Å². The number of imidazole rings is 1. The summed E-state index contributed by atoms with van der Waals surface area (Å²) in [6.45, 7) is 0. The molecule has 286 valence electrons. The van der Waals surface area contributed by atoms with Crippen LogP contribution in [0.3, 0.4) is 0 Å². The van der Waals surface area contributed by atoms with Crippen LogP contribution >= 0.6 is 7.14 Å². The van der Waals surface area contributed by atoms with Crippen LogP contribution < -0.4 is 15.9 Å². The Morgan fingerprint density at radius 2 is 0.836 bits per heavy atom. The number of para-hydroxylation sites is 1. The summed E-state index contributed by atoms with van der Waals surface area (Å²) >= 11 is 0. The SMILES string of the molecule is O=P1(c2ccccc2)c2cc(-c3ccc(-c4cccc(-c5c6ccccc6c(-c6ccccc6)c6ccccc56)c4)cc3)ccc2-n2c(-c3ccccc3)nc3cccc1c32. The lowest BCUT2D eigenvalue weighted by atomic mass is 9.85. The second-order valence-electron chi connectivity index (χ2n) is 15.8. The van der Waals surface area contributed by atoms with Gasteiger partial charge < -0.3 is 4.57 Å². The predicted molar refractivity (Wildman–Crippen MR) is 256 cm³/mol. The largest absolute Gasteiger partial charge is 0.308 e. The minimum atomic E-state index is -3.30. The van der Waals surface area contributed by atoms with Crippen LogP contribution in [0.5, 0.6) is 0 Å². The maximum absolute atomic E-state index is 16.0. The normalized spacial score (nSPS) is 14.4. The highest BCUT2D eigenvalue weighted by molar-refractivity contribution is 7.86. The molecule has 1 atom stereocenters. The zero-order valence-electron chi connectivity index (χ0n) is 33.1. The fourth-order valence-electron chi connectivity index (χ4n) is 9.63. The third-order valence-corrected chi connectivity index (χ3v) is 15.5. The Bertz CT molecular complexity index is 3480. The van der Waals surface area contributed by atoms with Gasteiger partial charge in [0, 0.05) is 21.5 Å². The average molecular weight is 797 g/mol. The molecule has 0 saturated heterocycles. The summed E-state index contributed by atoms with van der Waals surface area (Å²) in [7, 11) is -3.30. The van der Waals surface area contributed by atoms with Gasteiger partial charge in [0.1, 0.15) is 5.82 Å². The molecule has 1 aliphatic heterocycles. The minimum absolute atomic E-state index is 0.820. The number of fused-ring (bicyclic) bond motifs is 4. The van der Waals surface area contributed by atoms with Crippen molar-refractivity contribution < 1.29 is 4.57 Å². The van der Waals surface area contributed by atoms with E-state index < -0.39 is 7.14 Å². The van der Waals surface area contributed by atoms with E-state index in [9.17, 15) is 0 Å². The van der Waals surface area contributed by atoms with Crippen molar-refractivity contribution >= 4 is 55.6 Å². The molecule has 10 aromatic carbocycles. The van der Waals surface area contributed by atoms with Gasteiger partial charge in [0.15, 0.2) is 7.14 Å². The lowest BCUT2D eigenvalue weighted by Gasteiger charge is -2.29. The lowest BCUT2D eigenvalue weighted by Crippen LogP contribution is -2.33. The van der Waals surface area contributed by atoms with Crippen molar-refractivity contribution in [2.45, 2.75) is 0 Å². The molecule has 1 unspecified atom stereocenters. The van der Waals surface area contributed by atoms with Crippen molar-refractivity contribution in [1.82, 2.24) is 9.55 Å². The van der Waals surface area contributed by atoms with Crippen molar-refractivity contribution in [2.75, 3.05) is 0 Å². The first-order valence-corrected chi connectivity index (χ1v) is 22.4. The summed E-state index contributed by atoms with van der Waals surface area (Å²) in [5.74, 6) is 0.844. The van der Waals surface area contributed by atoms with Crippen LogP contribution in [0, 0.1) is 0 Å². The van der Waals surface area contributed by atoms with Gasteiger partial charge in [-0.3, -0.25) is 4.57 Å². The van der Waals surface area contributed by atoms with Crippen LogP contribution in [0.25, 0.3) is 94.2 Å². The highest BCUT2D eigenvalue weighted by atomic mass is 31.2. The molecule has 0 aliphatic carbocycles. The number of rotatable bonds is 6. The quantitative estimate of drug-likeness (QED) is 0.124. The van der Waals surface area contributed by atoms with Gasteiger partial charge in [0.05, 0.1) is 16.7 Å². The Hall–Kier alpha value is -7.58. The summed E-state index contributed by atoms with van der Waals surface area (Å²) in [4.78, 5) is 5.15. The number of nitrogens with zero attached hydrogens (tertiary/aromatic N) is 2. The molecular weight excluding hydrogens is 760 g/mol. The first-order valence-electron chi connectivity index (χ1n) is 20.7. The van der Waals surface area contributed by atoms with Crippen molar-refractivity contribution in [2.24, 2.45) is 0 Å². The Morgan fingerprint density at radius 1 is 0.361 bits per heavy atom. The summed E-state index contributed by atoms with van der Waals surface area (Å²) in [6.07, 6.45) is 0. The summed E-state index contributed by atoms with van der Waals surface area (Å²) in [5.41, 5.74) is 13.0. The number of hydrogen-bond donors (Lipinski definition) is 0. The van der Waals surface area contributed by atoms with Crippen LogP contribution in [0.4, 0.5) is 0 Å². The molecule has 3 nitrogen and oxygen atoms in total. The van der Waals surface area contributed by atoms with Gasteiger partial charge >= 0.3 is 0 Å². The Morgan fingerprint density at radius 3 is 1.46 bits per heavy atom. The van der Waals surface area contributed by atoms with Gasteiger partial charge in [0.25, 0.3) is 0 Å². The zero-order chi connectivity index (χ0) is 40.5. The Labute approximate surface area is 354 Å². The van der Waals surface area contributed by atoms with Crippen LogP contribution in [0.1, 0.15) is 0 Å². The van der Waals surface area contributed by atoms with Crippen LogP contribution in [-0.2, 0) is 4.57 Å². The monoisotopic (exact) mass is 796 g/mol. The standard InChI is InChI=1S/C57H37N2OP/c60-61(45-22-8-3-9-23-45)52-29-15-28-50-56(52)59(57(58-50)41-18-6-2-7-19-41)51-35-34-43(37-53(51)61)39-32-30-38(31-33-39)42-20-14-21-44(36-42)55-48-26-12-10-24-46(48)54(40-16-4-1-5-17-40)47-25-11-13-27-49(47)55/h1-37H. The molecule has 0 amide bonds. The molecule has 11 aromatic rings. The van der Waals surface area contributed by atoms with E-state index in [1.54, 1.807) is 0 Å². The Kier molecular flexibility index (Phi) is 8.13. The third kappa shape index (κ3) is 5.52. The second-order valence-corrected chi connectivity index (χ2v) is 18.5. The van der Waals surface area contributed by atoms with Gasteiger partial charge in [-0.15, -0.1) is 0 Å². The molecule has 2 heterocycles. The molecular formula is C57H37N2OP. The van der Waals surface area contributed by atoms with Crippen molar-refractivity contribution in [3.8, 4) is 61.6 Å². The summed E-state index contributed by atoms with van der Waals surface area (Å²) in [5, 5.41) is 7.43. The van der Waals surface area contributed by atoms with Crippen molar-refractivity contribution in [3.63, 3.8) is 0 Å². The molecule has 1 aliphatic rings. The summed E-state index contributed by atoms with van der Waals surface area (Å²) < 4.78 is 18.2. The van der Waals surface area contributed by atoms with E-state index in [1.165, 1.54) is 43.8 Å². The molecule has 4 heteroatoms. The predicted octanol–water partition coefficient (Wildman–Crippen LogP) is 13.6. The highest BCUT2D eigenvalue weighted by Crippen LogP contribution is 2.51. The van der Waals surface area contributed by atoms with E-state index in [0.717, 1.165) is 66.3 Å². The number of aromatic nitrogens is 2. The third-order valence-electron chi connectivity index (χ3n) is 12.4. The number of benzene rings is 10. The van der Waals surface area contributed by atoms with E-state index >= 15 is 4.57 Å². The van der Waals surface area contributed by atoms with Gasteiger partial charge in [-0.05, 0) is 96.4 Å².